The number of hydrogen-bond donors (Lipinski definition) is 2. The number of hydrogen-bond acceptors (Lipinski definition) is 6. The first-order valence-corrected chi connectivity index (χ1v) is 9.05. The summed E-state index contributed by atoms with van der Waals surface area (Å²) in [6.45, 7) is 4.68. The number of methoxy groups -OCH3 is 1. The van der Waals surface area contributed by atoms with Crippen LogP contribution < -0.4 is 15.4 Å². The van der Waals surface area contributed by atoms with Crippen LogP contribution in [-0.2, 0) is 4.79 Å². The van der Waals surface area contributed by atoms with Crippen molar-refractivity contribution in [3.63, 3.8) is 0 Å². The van der Waals surface area contributed by atoms with Crippen LogP contribution in [-0.4, -0.2) is 52.9 Å². The molecule has 0 saturated carbocycles. The topological polar surface area (TPSA) is 96.5 Å². The van der Waals surface area contributed by atoms with E-state index in [1.807, 2.05) is 4.90 Å². The molecule has 0 radical (unpaired) electrons. The fourth-order valence-electron chi connectivity index (χ4n) is 3.06. The molecule has 1 atom stereocenters. The summed E-state index contributed by atoms with van der Waals surface area (Å²) in [4.78, 5) is 34.5. The molecule has 28 heavy (non-hydrogen) atoms. The lowest BCUT2D eigenvalue weighted by atomic mass is 10.0. The zero-order valence-corrected chi connectivity index (χ0v) is 15.7. The summed E-state index contributed by atoms with van der Waals surface area (Å²) in [6, 6.07) is 8.59. The van der Waals surface area contributed by atoms with E-state index >= 15 is 0 Å². The van der Waals surface area contributed by atoms with Crippen molar-refractivity contribution in [3.8, 4) is 5.88 Å². The Kier molecular flexibility index (Phi) is 6.21. The van der Waals surface area contributed by atoms with Crippen LogP contribution in [0.15, 0.2) is 49.2 Å². The van der Waals surface area contributed by atoms with E-state index in [9.17, 15) is 9.59 Å². The van der Waals surface area contributed by atoms with E-state index in [-0.39, 0.29) is 17.9 Å². The Morgan fingerprint density at radius 2 is 2.07 bits per heavy atom. The average molecular weight is 381 g/mol. The highest BCUT2D eigenvalue weighted by atomic mass is 16.5. The third kappa shape index (κ3) is 4.85. The first-order chi connectivity index (χ1) is 13.6. The van der Waals surface area contributed by atoms with Crippen molar-refractivity contribution >= 4 is 23.5 Å². The minimum atomic E-state index is -0.288. The quantitative estimate of drug-likeness (QED) is 0.746. The maximum absolute atomic E-state index is 12.8. The number of nitrogens with one attached hydrogen (secondary N) is 2. The van der Waals surface area contributed by atoms with Gasteiger partial charge in [0, 0.05) is 42.6 Å². The van der Waals surface area contributed by atoms with Crippen LogP contribution in [0, 0.1) is 0 Å². The molecule has 8 heteroatoms. The largest absolute Gasteiger partial charge is 0.481 e. The Labute approximate surface area is 163 Å². The van der Waals surface area contributed by atoms with E-state index in [0.717, 1.165) is 12.8 Å². The van der Waals surface area contributed by atoms with Crippen molar-refractivity contribution in [2.24, 2.45) is 0 Å². The molecule has 0 aliphatic carbocycles. The van der Waals surface area contributed by atoms with E-state index in [1.165, 1.54) is 6.08 Å². The van der Waals surface area contributed by atoms with Gasteiger partial charge in [-0.15, -0.1) is 0 Å². The monoisotopic (exact) mass is 381 g/mol. The molecule has 1 unspecified atom stereocenters. The first-order valence-electron chi connectivity index (χ1n) is 9.05. The van der Waals surface area contributed by atoms with Crippen molar-refractivity contribution in [2.45, 2.75) is 18.9 Å². The van der Waals surface area contributed by atoms with Crippen LogP contribution in [0.4, 0.5) is 11.6 Å². The van der Waals surface area contributed by atoms with E-state index in [1.54, 1.807) is 43.6 Å². The number of likely N-dealkylation sites (tertiary alicyclic amines) is 1. The van der Waals surface area contributed by atoms with Crippen molar-refractivity contribution in [1.29, 1.82) is 0 Å². The second-order valence-electron chi connectivity index (χ2n) is 6.43. The molecule has 1 aromatic carbocycles. The highest BCUT2D eigenvalue weighted by Gasteiger charge is 2.25. The number of anilines is 2. The highest BCUT2D eigenvalue weighted by Crippen LogP contribution is 2.18. The van der Waals surface area contributed by atoms with Gasteiger partial charge < -0.3 is 20.3 Å². The molecule has 146 valence electrons. The maximum Gasteiger partial charge on any atom is 0.253 e. The maximum atomic E-state index is 12.8. The van der Waals surface area contributed by atoms with Crippen LogP contribution in [0.1, 0.15) is 23.2 Å². The van der Waals surface area contributed by atoms with Gasteiger partial charge in [-0.1, -0.05) is 6.58 Å². The van der Waals surface area contributed by atoms with Gasteiger partial charge in [-0.2, -0.15) is 4.98 Å². The van der Waals surface area contributed by atoms with Crippen LogP contribution >= 0.6 is 0 Å². The smallest absolute Gasteiger partial charge is 0.253 e. The number of carbonyl (C=O) groups excluding carboxylic acids is 2. The molecule has 0 bridgehead atoms. The standard InChI is InChI=1S/C20H23N5O3/c1-3-17(26)22-15-8-6-14(7-9-15)19(27)25-12-4-5-16(13-25)23-20-21-11-10-18(24-20)28-2/h3,6-11,16H,1,4-5,12-13H2,2H3,(H,22,26)(H,21,23,24). The van der Waals surface area contributed by atoms with Crippen molar-refractivity contribution < 1.29 is 14.3 Å². The van der Waals surface area contributed by atoms with Crippen molar-refractivity contribution in [3.05, 3.63) is 54.7 Å². The van der Waals surface area contributed by atoms with Crippen LogP contribution in [0.3, 0.4) is 0 Å². The lowest BCUT2D eigenvalue weighted by molar-refractivity contribution is -0.111. The second kappa shape index (κ2) is 8.98. The summed E-state index contributed by atoms with van der Waals surface area (Å²) < 4.78 is 5.11. The van der Waals surface area contributed by atoms with Gasteiger partial charge in [0.1, 0.15) is 0 Å². The molecule has 1 aromatic heterocycles. The number of rotatable bonds is 6. The van der Waals surface area contributed by atoms with E-state index in [4.69, 9.17) is 4.74 Å². The minimum Gasteiger partial charge on any atom is -0.481 e. The van der Waals surface area contributed by atoms with Crippen LogP contribution in [0.5, 0.6) is 5.88 Å². The van der Waals surface area contributed by atoms with Gasteiger partial charge in [0.15, 0.2) is 0 Å². The predicted molar refractivity (Wildman–Crippen MR) is 106 cm³/mol. The number of aromatic nitrogens is 2. The van der Waals surface area contributed by atoms with E-state index < -0.39 is 0 Å². The lowest BCUT2D eigenvalue weighted by Gasteiger charge is -2.33. The Morgan fingerprint density at radius 3 is 2.79 bits per heavy atom. The van der Waals surface area contributed by atoms with E-state index in [2.05, 4.69) is 27.2 Å². The molecular formula is C20H23N5O3. The molecular weight excluding hydrogens is 358 g/mol. The predicted octanol–water partition coefficient (Wildman–Crippen LogP) is 2.33. The number of nitrogens with zero attached hydrogens (tertiary/aromatic N) is 3. The van der Waals surface area contributed by atoms with Crippen molar-refractivity contribution in [2.75, 3.05) is 30.8 Å². The van der Waals surface area contributed by atoms with Gasteiger partial charge in [-0.05, 0) is 43.2 Å². The van der Waals surface area contributed by atoms with Gasteiger partial charge >= 0.3 is 0 Å². The molecule has 3 rings (SSSR count). The third-order valence-corrected chi connectivity index (χ3v) is 4.47. The summed E-state index contributed by atoms with van der Waals surface area (Å²) >= 11 is 0. The van der Waals surface area contributed by atoms with Crippen LogP contribution in [0.25, 0.3) is 0 Å². The third-order valence-electron chi connectivity index (χ3n) is 4.47. The SMILES string of the molecule is C=CC(=O)Nc1ccc(C(=O)N2CCCC(Nc3nccc(OC)n3)C2)cc1. The van der Waals surface area contributed by atoms with Gasteiger partial charge in [0.2, 0.25) is 17.7 Å². The number of carbonyl (C=O) groups is 2. The van der Waals surface area contributed by atoms with Gasteiger partial charge in [0.05, 0.1) is 7.11 Å². The number of amides is 2. The molecule has 2 amide bonds. The molecule has 1 aliphatic heterocycles. The second-order valence-corrected chi connectivity index (χ2v) is 6.43. The molecule has 1 fully saturated rings. The summed E-state index contributed by atoms with van der Waals surface area (Å²) in [5, 5.41) is 5.94. The lowest BCUT2D eigenvalue weighted by Crippen LogP contribution is -2.45. The van der Waals surface area contributed by atoms with Gasteiger partial charge in [-0.3, -0.25) is 9.59 Å². The Hall–Kier alpha value is -3.42. The molecule has 2 N–H and O–H groups in total. The van der Waals surface area contributed by atoms with Crippen molar-refractivity contribution in [1.82, 2.24) is 14.9 Å². The van der Waals surface area contributed by atoms with Gasteiger partial charge in [-0.25, -0.2) is 4.98 Å². The molecule has 8 nitrogen and oxygen atoms in total. The number of piperidine rings is 1. The molecule has 1 saturated heterocycles. The van der Waals surface area contributed by atoms with Crippen LogP contribution in [0.2, 0.25) is 0 Å². The van der Waals surface area contributed by atoms with E-state index in [0.29, 0.717) is 36.2 Å². The normalized spacial score (nSPS) is 16.2. The average Bonchev–Trinajstić information content (AvgIpc) is 2.74. The first kappa shape index (κ1) is 19.3. The minimum absolute atomic E-state index is 0.0420. The number of ether oxygens (including phenoxy) is 1. The summed E-state index contributed by atoms with van der Waals surface area (Å²) in [6.07, 6.45) is 4.65. The molecule has 0 spiro atoms. The molecule has 2 aromatic rings. The fourth-order valence-corrected chi connectivity index (χ4v) is 3.06. The molecule has 1 aliphatic rings. The Bertz CT molecular complexity index is 853. The zero-order chi connectivity index (χ0) is 19.9. The number of benzene rings is 1. The Morgan fingerprint density at radius 1 is 1.29 bits per heavy atom. The fraction of sp³-hybridized carbons (Fsp3) is 0.300. The summed E-state index contributed by atoms with van der Waals surface area (Å²) in [7, 11) is 1.56. The Balaban J connectivity index is 1.62. The summed E-state index contributed by atoms with van der Waals surface area (Å²) in [5.74, 6) is 0.647. The highest BCUT2D eigenvalue weighted by molar-refractivity contribution is 5.99. The zero-order valence-electron chi connectivity index (χ0n) is 15.7. The summed E-state index contributed by atoms with van der Waals surface area (Å²) in [5.41, 5.74) is 1.20. The van der Waals surface area contributed by atoms with Gasteiger partial charge in [0.25, 0.3) is 5.91 Å². The molecule has 2 heterocycles.